The number of nitrogens with zero attached hydrogens (tertiary/aromatic N) is 3. The highest BCUT2D eigenvalue weighted by Gasteiger charge is 2.23. The van der Waals surface area contributed by atoms with Gasteiger partial charge in [0, 0.05) is 0 Å². The molecule has 0 rings (SSSR count). The zero-order valence-electron chi connectivity index (χ0n) is 11.8. The van der Waals surface area contributed by atoms with Crippen LogP contribution in [0.5, 0.6) is 0 Å². The van der Waals surface area contributed by atoms with E-state index in [1.807, 2.05) is 20.8 Å². The molecule has 0 aromatic rings. The number of rotatable bonds is 7. The fourth-order valence-electron chi connectivity index (χ4n) is 1.23. The molecular formula is C11H21N3O3S2. The Kier molecular flexibility index (Phi) is 6.93. The third-order valence-corrected chi connectivity index (χ3v) is 3.05. The molecule has 0 aliphatic carbocycles. The van der Waals surface area contributed by atoms with Gasteiger partial charge in [-0.25, -0.2) is 4.99 Å². The first kappa shape index (κ1) is 18.3. The second kappa shape index (κ2) is 7.19. The molecule has 0 radical (unpaired) electrons. The van der Waals surface area contributed by atoms with Crippen LogP contribution in [0.4, 0.5) is 0 Å². The van der Waals surface area contributed by atoms with Gasteiger partial charge in [0.05, 0.1) is 16.5 Å². The number of hydrogen-bond acceptors (Lipinski definition) is 6. The van der Waals surface area contributed by atoms with Crippen molar-refractivity contribution in [1.29, 1.82) is 0 Å². The summed E-state index contributed by atoms with van der Waals surface area (Å²) in [5.74, 6) is -0.263. The summed E-state index contributed by atoms with van der Waals surface area (Å²) in [5, 5.41) is 10.6. The van der Waals surface area contributed by atoms with Gasteiger partial charge in [-0.3, -0.25) is 4.55 Å². The quantitative estimate of drug-likeness (QED) is 0.257. The molecule has 0 aromatic carbocycles. The van der Waals surface area contributed by atoms with E-state index in [0.717, 1.165) is 0 Å². The van der Waals surface area contributed by atoms with Gasteiger partial charge in [0.25, 0.3) is 10.1 Å². The Hall–Kier alpha value is -0.690. The molecule has 0 aliphatic heterocycles. The number of thiocarbonyl (C=S) groups is 1. The van der Waals surface area contributed by atoms with E-state index in [1.165, 1.54) is 0 Å². The molecule has 19 heavy (non-hydrogen) atoms. The molecule has 0 fully saturated rings. The van der Waals surface area contributed by atoms with Crippen LogP contribution in [0.15, 0.2) is 15.2 Å². The lowest BCUT2D eigenvalue weighted by atomic mass is 10.1. The summed E-state index contributed by atoms with van der Waals surface area (Å²) in [5.41, 5.74) is -1.14. The standard InChI is InChI=1S/C11H21N3O3S2/c1-10(2,3)13-14-11(4,12-9-18)7-5-6-8-19(15,16)17/h5-8H2,1-4H3,(H,15,16,17). The molecule has 0 heterocycles. The summed E-state index contributed by atoms with van der Waals surface area (Å²) in [6.07, 6.45) is 1.37. The Morgan fingerprint density at radius 1 is 1.16 bits per heavy atom. The Balaban J connectivity index is 4.57. The average molecular weight is 307 g/mol. The molecule has 0 saturated heterocycles. The van der Waals surface area contributed by atoms with Crippen molar-refractivity contribution in [3.8, 4) is 0 Å². The first-order valence-electron chi connectivity index (χ1n) is 5.96. The minimum atomic E-state index is -3.91. The maximum Gasteiger partial charge on any atom is 0.264 e. The second-order valence-electron chi connectivity index (χ2n) is 5.53. The summed E-state index contributed by atoms with van der Waals surface area (Å²) in [6, 6.07) is 0. The summed E-state index contributed by atoms with van der Waals surface area (Å²) < 4.78 is 29.8. The van der Waals surface area contributed by atoms with Crippen molar-refractivity contribution in [2.24, 2.45) is 15.2 Å². The Bertz CT molecular complexity index is 462. The number of isothiocyanates is 1. The van der Waals surface area contributed by atoms with Crippen molar-refractivity contribution in [2.75, 3.05) is 5.75 Å². The molecule has 0 spiro atoms. The smallest absolute Gasteiger partial charge is 0.264 e. The molecular weight excluding hydrogens is 286 g/mol. The van der Waals surface area contributed by atoms with Crippen molar-refractivity contribution >= 4 is 27.5 Å². The van der Waals surface area contributed by atoms with E-state index in [0.29, 0.717) is 19.3 Å². The first-order chi connectivity index (χ1) is 8.47. The number of hydrogen-bond donors (Lipinski definition) is 1. The number of azo groups is 1. The van der Waals surface area contributed by atoms with Crippen molar-refractivity contribution in [3.63, 3.8) is 0 Å². The van der Waals surface area contributed by atoms with E-state index in [2.05, 4.69) is 32.6 Å². The van der Waals surface area contributed by atoms with Gasteiger partial charge < -0.3 is 0 Å². The normalized spacial score (nSPS) is 16.1. The summed E-state index contributed by atoms with van der Waals surface area (Å²) in [4.78, 5) is 3.99. The Morgan fingerprint density at radius 3 is 2.16 bits per heavy atom. The van der Waals surface area contributed by atoms with Crippen LogP contribution in [0, 0.1) is 0 Å². The van der Waals surface area contributed by atoms with Gasteiger partial charge in [0.15, 0.2) is 5.66 Å². The number of aliphatic imine (C=N–C) groups is 1. The lowest BCUT2D eigenvalue weighted by molar-refractivity contribution is 0.389. The van der Waals surface area contributed by atoms with Crippen LogP contribution >= 0.6 is 12.2 Å². The minimum absolute atomic E-state index is 0.263. The van der Waals surface area contributed by atoms with Gasteiger partial charge in [-0.05, 0) is 59.2 Å². The van der Waals surface area contributed by atoms with E-state index >= 15 is 0 Å². The molecule has 8 heteroatoms. The molecule has 0 aliphatic rings. The molecule has 110 valence electrons. The van der Waals surface area contributed by atoms with Crippen molar-refractivity contribution in [1.82, 2.24) is 0 Å². The van der Waals surface area contributed by atoms with Gasteiger partial charge in [-0.1, -0.05) is 0 Å². The van der Waals surface area contributed by atoms with E-state index < -0.39 is 15.8 Å². The Morgan fingerprint density at radius 2 is 1.74 bits per heavy atom. The first-order valence-corrected chi connectivity index (χ1v) is 7.97. The molecule has 1 unspecified atom stereocenters. The van der Waals surface area contributed by atoms with Crippen LogP contribution in [-0.2, 0) is 10.1 Å². The topological polar surface area (TPSA) is 91.5 Å². The third-order valence-electron chi connectivity index (χ3n) is 2.15. The van der Waals surface area contributed by atoms with Crippen LogP contribution in [0.25, 0.3) is 0 Å². The van der Waals surface area contributed by atoms with Gasteiger partial charge in [0.2, 0.25) is 0 Å². The fourth-order valence-corrected chi connectivity index (χ4v) is 1.99. The SMILES string of the molecule is CC(C)(C)N=NC(C)(CCCCS(=O)(=O)O)N=C=S. The zero-order chi connectivity index (χ0) is 15.2. The molecule has 1 atom stereocenters. The van der Waals surface area contributed by atoms with E-state index in [-0.39, 0.29) is 11.3 Å². The highest BCUT2D eigenvalue weighted by atomic mass is 32.2. The van der Waals surface area contributed by atoms with Crippen LogP contribution in [0.1, 0.15) is 47.0 Å². The minimum Gasteiger partial charge on any atom is -0.286 e. The maximum atomic E-state index is 10.6. The van der Waals surface area contributed by atoms with Crippen LogP contribution in [0.3, 0.4) is 0 Å². The van der Waals surface area contributed by atoms with Crippen molar-refractivity contribution in [2.45, 2.75) is 58.2 Å². The maximum absolute atomic E-state index is 10.6. The largest absolute Gasteiger partial charge is 0.286 e. The molecule has 6 nitrogen and oxygen atoms in total. The highest BCUT2D eigenvalue weighted by molar-refractivity contribution is 7.85. The Labute approximate surface area is 120 Å². The van der Waals surface area contributed by atoms with E-state index in [9.17, 15) is 8.42 Å². The van der Waals surface area contributed by atoms with E-state index in [1.54, 1.807) is 6.92 Å². The second-order valence-corrected chi connectivity index (χ2v) is 7.29. The zero-order valence-corrected chi connectivity index (χ0v) is 13.4. The van der Waals surface area contributed by atoms with Gasteiger partial charge in [-0.15, -0.1) is 0 Å². The van der Waals surface area contributed by atoms with Gasteiger partial charge in [-0.2, -0.15) is 18.6 Å². The lowest BCUT2D eigenvalue weighted by Gasteiger charge is -2.19. The predicted molar refractivity (Wildman–Crippen MR) is 78.3 cm³/mol. The van der Waals surface area contributed by atoms with Gasteiger partial charge in [0.1, 0.15) is 0 Å². The van der Waals surface area contributed by atoms with E-state index in [4.69, 9.17) is 4.55 Å². The monoisotopic (exact) mass is 307 g/mol. The fraction of sp³-hybridized carbons (Fsp3) is 0.909. The summed E-state index contributed by atoms with van der Waals surface area (Å²) >= 11 is 4.59. The average Bonchev–Trinajstić information content (AvgIpc) is 2.20. The lowest BCUT2D eigenvalue weighted by Crippen LogP contribution is -2.20. The molecule has 0 amide bonds. The molecule has 1 N–H and O–H groups in total. The van der Waals surface area contributed by atoms with Crippen LogP contribution < -0.4 is 0 Å². The highest BCUT2D eigenvalue weighted by Crippen LogP contribution is 2.23. The molecule has 0 saturated carbocycles. The third kappa shape index (κ3) is 10.9. The molecule has 0 aromatic heterocycles. The van der Waals surface area contributed by atoms with Crippen molar-refractivity contribution in [3.05, 3.63) is 0 Å². The van der Waals surface area contributed by atoms with Crippen molar-refractivity contribution < 1.29 is 13.0 Å². The van der Waals surface area contributed by atoms with Crippen LogP contribution in [-0.4, -0.2) is 35.1 Å². The van der Waals surface area contributed by atoms with Crippen LogP contribution in [0.2, 0.25) is 0 Å². The summed E-state index contributed by atoms with van der Waals surface area (Å²) in [7, 11) is -3.91. The van der Waals surface area contributed by atoms with Gasteiger partial charge >= 0.3 is 0 Å². The predicted octanol–water partition coefficient (Wildman–Crippen LogP) is 3.11. The summed E-state index contributed by atoms with van der Waals surface area (Å²) in [6.45, 7) is 7.50. The molecule has 0 bridgehead atoms. The number of unbranched alkanes of at least 4 members (excludes halogenated alkanes) is 1.